The minimum atomic E-state index is -0.487. The van der Waals surface area contributed by atoms with E-state index in [1.807, 2.05) is 0 Å². The van der Waals surface area contributed by atoms with E-state index in [1.165, 1.54) is 0 Å². The zero-order valence-electron chi connectivity index (χ0n) is 9.98. The standard InChI is InChI=1S/C12H20O4/c1-3-12(4-2)15-6-5-10(16-12)9(7-13)11-8-14-11/h7,9-11H,3-6,8H2,1-2H3/t9-,10-,11-/m0/s1. The van der Waals surface area contributed by atoms with Crippen LogP contribution in [0.15, 0.2) is 0 Å². The summed E-state index contributed by atoms with van der Waals surface area (Å²) in [5, 5.41) is 0. The van der Waals surface area contributed by atoms with Gasteiger partial charge in [0.25, 0.3) is 0 Å². The molecule has 0 aliphatic carbocycles. The zero-order chi connectivity index (χ0) is 11.6. The minimum Gasteiger partial charge on any atom is -0.372 e. The van der Waals surface area contributed by atoms with E-state index in [2.05, 4.69) is 13.8 Å². The van der Waals surface area contributed by atoms with Crippen LogP contribution in [-0.4, -0.2) is 37.5 Å². The molecule has 0 spiro atoms. The van der Waals surface area contributed by atoms with Crippen molar-refractivity contribution >= 4 is 6.29 Å². The van der Waals surface area contributed by atoms with Crippen LogP contribution in [0.5, 0.6) is 0 Å². The topological polar surface area (TPSA) is 48.1 Å². The Kier molecular flexibility index (Phi) is 3.62. The number of carbonyl (C=O) groups is 1. The molecule has 0 bridgehead atoms. The molecule has 3 atom stereocenters. The highest BCUT2D eigenvalue weighted by Crippen LogP contribution is 2.35. The quantitative estimate of drug-likeness (QED) is 0.529. The predicted octanol–water partition coefficient (Wildman–Crippen LogP) is 1.52. The molecule has 2 aliphatic rings. The van der Waals surface area contributed by atoms with Crippen molar-refractivity contribution in [1.29, 1.82) is 0 Å². The van der Waals surface area contributed by atoms with Gasteiger partial charge in [-0.05, 0) is 19.3 Å². The molecule has 0 aromatic carbocycles. The fourth-order valence-electron chi connectivity index (χ4n) is 2.31. The van der Waals surface area contributed by atoms with E-state index in [9.17, 15) is 4.79 Å². The molecule has 0 amide bonds. The molecule has 4 heteroatoms. The van der Waals surface area contributed by atoms with E-state index in [1.54, 1.807) is 0 Å². The van der Waals surface area contributed by atoms with Crippen LogP contribution in [0.3, 0.4) is 0 Å². The Balaban J connectivity index is 2.02. The lowest BCUT2D eigenvalue weighted by atomic mass is 9.96. The molecule has 16 heavy (non-hydrogen) atoms. The fraction of sp³-hybridized carbons (Fsp3) is 0.917. The highest BCUT2D eigenvalue weighted by molar-refractivity contribution is 5.56. The summed E-state index contributed by atoms with van der Waals surface area (Å²) in [6.45, 7) is 5.46. The van der Waals surface area contributed by atoms with Crippen LogP contribution in [-0.2, 0) is 19.0 Å². The Morgan fingerprint density at radius 2 is 2.06 bits per heavy atom. The zero-order valence-corrected chi connectivity index (χ0v) is 9.98. The van der Waals surface area contributed by atoms with Crippen molar-refractivity contribution in [3.05, 3.63) is 0 Å². The summed E-state index contributed by atoms with van der Waals surface area (Å²) >= 11 is 0. The van der Waals surface area contributed by atoms with Crippen LogP contribution in [0.2, 0.25) is 0 Å². The van der Waals surface area contributed by atoms with Crippen LogP contribution in [0.1, 0.15) is 33.1 Å². The molecule has 2 aliphatic heterocycles. The maximum absolute atomic E-state index is 11.1. The first kappa shape index (κ1) is 12.0. The minimum absolute atomic E-state index is 0.0429. The smallest absolute Gasteiger partial charge is 0.168 e. The van der Waals surface area contributed by atoms with Gasteiger partial charge in [-0.1, -0.05) is 13.8 Å². The largest absolute Gasteiger partial charge is 0.372 e. The lowest BCUT2D eigenvalue weighted by Crippen LogP contribution is -2.47. The van der Waals surface area contributed by atoms with Crippen molar-refractivity contribution in [3.8, 4) is 0 Å². The van der Waals surface area contributed by atoms with E-state index < -0.39 is 5.79 Å². The van der Waals surface area contributed by atoms with Gasteiger partial charge < -0.3 is 19.0 Å². The number of aldehydes is 1. The Morgan fingerprint density at radius 1 is 1.38 bits per heavy atom. The first-order chi connectivity index (χ1) is 7.74. The Morgan fingerprint density at radius 3 is 2.56 bits per heavy atom. The first-order valence-electron chi connectivity index (χ1n) is 6.13. The number of hydrogen-bond acceptors (Lipinski definition) is 4. The van der Waals surface area contributed by atoms with Gasteiger partial charge in [0.2, 0.25) is 0 Å². The summed E-state index contributed by atoms with van der Waals surface area (Å²) in [6.07, 6.45) is 3.42. The predicted molar refractivity (Wildman–Crippen MR) is 58.0 cm³/mol. The maximum Gasteiger partial charge on any atom is 0.168 e. The maximum atomic E-state index is 11.1. The average Bonchev–Trinajstić information content (AvgIpc) is 3.15. The van der Waals surface area contributed by atoms with Gasteiger partial charge >= 0.3 is 0 Å². The summed E-state index contributed by atoms with van der Waals surface area (Å²) in [6, 6.07) is 0. The Bertz CT molecular complexity index is 245. The van der Waals surface area contributed by atoms with E-state index in [0.717, 1.165) is 25.5 Å². The lowest BCUT2D eigenvalue weighted by Gasteiger charge is -2.41. The molecule has 2 saturated heterocycles. The highest BCUT2D eigenvalue weighted by atomic mass is 16.7. The number of ether oxygens (including phenoxy) is 3. The monoisotopic (exact) mass is 228 g/mol. The van der Waals surface area contributed by atoms with Crippen molar-refractivity contribution in [3.63, 3.8) is 0 Å². The molecule has 0 aromatic rings. The van der Waals surface area contributed by atoms with E-state index >= 15 is 0 Å². The summed E-state index contributed by atoms with van der Waals surface area (Å²) in [5.74, 6) is -0.611. The van der Waals surface area contributed by atoms with Gasteiger partial charge in [0.1, 0.15) is 6.29 Å². The number of carbonyl (C=O) groups excluding carboxylic acids is 1. The second-order valence-corrected chi connectivity index (χ2v) is 4.50. The summed E-state index contributed by atoms with van der Waals surface area (Å²) in [7, 11) is 0. The van der Waals surface area contributed by atoms with Crippen molar-refractivity contribution in [1.82, 2.24) is 0 Å². The van der Waals surface area contributed by atoms with E-state index in [-0.39, 0.29) is 18.1 Å². The normalized spacial score (nSPS) is 34.4. The van der Waals surface area contributed by atoms with Crippen molar-refractivity contribution in [2.45, 2.75) is 51.1 Å². The molecular formula is C12H20O4. The molecule has 0 unspecified atom stereocenters. The van der Waals surface area contributed by atoms with Crippen molar-refractivity contribution in [2.24, 2.45) is 5.92 Å². The summed E-state index contributed by atoms with van der Waals surface area (Å²) < 4.78 is 16.9. The number of hydrogen-bond donors (Lipinski definition) is 0. The lowest BCUT2D eigenvalue weighted by molar-refractivity contribution is -0.302. The van der Waals surface area contributed by atoms with Crippen LogP contribution >= 0.6 is 0 Å². The summed E-state index contributed by atoms with van der Waals surface area (Å²) in [5.41, 5.74) is 0. The van der Waals surface area contributed by atoms with Gasteiger partial charge in [-0.25, -0.2) is 0 Å². The van der Waals surface area contributed by atoms with Gasteiger partial charge in [0.15, 0.2) is 5.79 Å². The second-order valence-electron chi connectivity index (χ2n) is 4.50. The van der Waals surface area contributed by atoms with E-state index in [4.69, 9.17) is 14.2 Å². The second kappa shape index (κ2) is 4.82. The van der Waals surface area contributed by atoms with Gasteiger partial charge in [-0.15, -0.1) is 0 Å². The highest BCUT2D eigenvalue weighted by Gasteiger charge is 2.44. The molecule has 92 valence electrons. The third-order valence-electron chi connectivity index (χ3n) is 3.59. The van der Waals surface area contributed by atoms with Crippen molar-refractivity contribution in [2.75, 3.05) is 13.2 Å². The van der Waals surface area contributed by atoms with Gasteiger partial charge in [0, 0.05) is 0 Å². The van der Waals surface area contributed by atoms with Gasteiger partial charge in [0.05, 0.1) is 31.3 Å². The molecule has 4 nitrogen and oxygen atoms in total. The molecule has 2 heterocycles. The Hall–Kier alpha value is -0.450. The third-order valence-corrected chi connectivity index (χ3v) is 3.59. The average molecular weight is 228 g/mol. The molecule has 0 saturated carbocycles. The molecule has 0 radical (unpaired) electrons. The molecule has 0 aromatic heterocycles. The fourth-order valence-corrected chi connectivity index (χ4v) is 2.31. The third kappa shape index (κ3) is 2.29. The number of epoxide rings is 1. The van der Waals surface area contributed by atoms with Crippen LogP contribution in [0.25, 0.3) is 0 Å². The summed E-state index contributed by atoms with van der Waals surface area (Å²) in [4.78, 5) is 11.1. The molecule has 0 N–H and O–H groups in total. The van der Waals surface area contributed by atoms with Gasteiger partial charge in [-0.3, -0.25) is 0 Å². The van der Waals surface area contributed by atoms with Crippen LogP contribution in [0.4, 0.5) is 0 Å². The molecule has 2 rings (SSSR count). The number of rotatable bonds is 5. The SMILES string of the molecule is CCC1(CC)OCC[C@@H]([C@H](C=O)[C@@H]2CO2)O1. The van der Waals surface area contributed by atoms with Crippen LogP contribution < -0.4 is 0 Å². The van der Waals surface area contributed by atoms with Crippen molar-refractivity contribution < 1.29 is 19.0 Å². The van der Waals surface area contributed by atoms with Crippen LogP contribution in [0, 0.1) is 5.92 Å². The van der Waals surface area contributed by atoms with Gasteiger partial charge in [-0.2, -0.15) is 0 Å². The first-order valence-corrected chi connectivity index (χ1v) is 6.13. The molecule has 2 fully saturated rings. The Labute approximate surface area is 96.2 Å². The van der Waals surface area contributed by atoms with E-state index in [0.29, 0.717) is 13.2 Å². The molecular weight excluding hydrogens is 208 g/mol.